The highest BCUT2D eigenvalue weighted by atomic mass is 32.2. The van der Waals surface area contributed by atoms with Crippen molar-refractivity contribution in [3.63, 3.8) is 0 Å². The minimum Gasteiger partial charge on any atom is -0.370 e. The van der Waals surface area contributed by atoms with E-state index in [9.17, 15) is 0 Å². The van der Waals surface area contributed by atoms with Crippen LogP contribution in [0.5, 0.6) is 0 Å². The number of benzene rings is 1. The zero-order valence-electron chi connectivity index (χ0n) is 9.86. The molecule has 16 heavy (non-hydrogen) atoms. The van der Waals surface area contributed by atoms with Crippen LogP contribution in [0.3, 0.4) is 0 Å². The van der Waals surface area contributed by atoms with E-state index in [-0.39, 0.29) is 0 Å². The number of aryl methyl sites for hydroxylation is 1. The van der Waals surface area contributed by atoms with Crippen LogP contribution >= 0.6 is 11.8 Å². The summed E-state index contributed by atoms with van der Waals surface area (Å²) in [7, 11) is 1.68. The molecule has 4 heteroatoms. The van der Waals surface area contributed by atoms with Gasteiger partial charge in [0.05, 0.1) is 0 Å². The van der Waals surface area contributed by atoms with Gasteiger partial charge in [0, 0.05) is 25.1 Å². The second-order valence-corrected chi connectivity index (χ2v) is 4.68. The van der Waals surface area contributed by atoms with E-state index in [1.165, 1.54) is 11.1 Å². The number of nitrogens with zero attached hydrogens (tertiary/aromatic N) is 1. The molecule has 1 aromatic carbocycles. The Morgan fingerprint density at radius 2 is 2.06 bits per heavy atom. The third-order valence-corrected chi connectivity index (χ3v) is 3.21. The van der Waals surface area contributed by atoms with Crippen molar-refractivity contribution in [2.75, 3.05) is 19.3 Å². The maximum absolute atomic E-state index is 5.51. The maximum atomic E-state index is 5.51. The van der Waals surface area contributed by atoms with E-state index >= 15 is 0 Å². The summed E-state index contributed by atoms with van der Waals surface area (Å²) < 4.78 is 0. The van der Waals surface area contributed by atoms with Gasteiger partial charge in [0.15, 0.2) is 5.96 Å². The molecule has 1 rings (SSSR count). The van der Waals surface area contributed by atoms with Gasteiger partial charge in [0.25, 0.3) is 0 Å². The van der Waals surface area contributed by atoms with Crippen molar-refractivity contribution in [3.05, 3.63) is 35.4 Å². The molecular formula is C12H19N3S. The smallest absolute Gasteiger partial charge is 0.188 e. The fraction of sp³-hybridized carbons (Fsp3) is 0.417. The first kappa shape index (κ1) is 12.9. The minimum atomic E-state index is 0.510. The van der Waals surface area contributed by atoms with Gasteiger partial charge in [-0.3, -0.25) is 4.99 Å². The van der Waals surface area contributed by atoms with Crippen LogP contribution in [0.1, 0.15) is 11.1 Å². The van der Waals surface area contributed by atoms with Gasteiger partial charge < -0.3 is 11.1 Å². The third-order valence-electron chi connectivity index (χ3n) is 2.18. The van der Waals surface area contributed by atoms with Gasteiger partial charge in [0.1, 0.15) is 0 Å². The summed E-state index contributed by atoms with van der Waals surface area (Å²) in [4.78, 5) is 3.83. The van der Waals surface area contributed by atoms with Crippen molar-refractivity contribution in [2.24, 2.45) is 10.7 Å². The largest absolute Gasteiger partial charge is 0.370 e. The fourth-order valence-corrected chi connectivity index (χ4v) is 2.02. The van der Waals surface area contributed by atoms with E-state index in [4.69, 9.17) is 5.73 Å². The van der Waals surface area contributed by atoms with Crippen molar-refractivity contribution in [1.82, 2.24) is 5.32 Å². The summed E-state index contributed by atoms with van der Waals surface area (Å²) in [5.41, 5.74) is 8.19. The van der Waals surface area contributed by atoms with Crippen LogP contribution < -0.4 is 11.1 Å². The van der Waals surface area contributed by atoms with Gasteiger partial charge in [-0.2, -0.15) is 11.8 Å². The summed E-state index contributed by atoms with van der Waals surface area (Å²) in [5.74, 6) is 2.59. The van der Waals surface area contributed by atoms with Crippen LogP contribution in [0.4, 0.5) is 0 Å². The number of nitrogens with one attached hydrogen (secondary N) is 1. The Bertz CT molecular complexity index is 333. The zero-order valence-corrected chi connectivity index (χ0v) is 10.7. The topological polar surface area (TPSA) is 50.4 Å². The molecular weight excluding hydrogens is 218 g/mol. The maximum Gasteiger partial charge on any atom is 0.188 e. The predicted molar refractivity (Wildman–Crippen MR) is 72.9 cm³/mol. The summed E-state index contributed by atoms with van der Waals surface area (Å²) in [6.07, 6.45) is 0. The quantitative estimate of drug-likeness (QED) is 0.466. The first-order valence-corrected chi connectivity index (χ1v) is 6.47. The summed E-state index contributed by atoms with van der Waals surface area (Å²) in [6, 6.07) is 8.65. The molecule has 0 atom stereocenters. The van der Waals surface area contributed by atoms with Crippen LogP contribution in [-0.4, -0.2) is 25.3 Å². The second kappa shape index (κ2) is 7.17. The lowest BCUT2D eigenvalue weighted by molar-refractivity contribution is 0.959. The summed E-state index contributed by atoms with van der Waals surface area (Å²) >= 11 is 1.89. The van der Waals surface area contributed by atoms with Crippen molar-refractivity contribution in [1.29, 1.82) is 0 Å². The lowest BCUT2D eigenvalue weighted by Crippen LogP contribution is -2.32. The monoisotopic (exact) mass is 237 g/mol. The van der Waals surface area contributed by atoms with Crippen LogP contribution in [0.2, 0.25) is 0 Å². The Morgan fingerprint density at radius 1 is 1.38 bits per heavy atom. The molecule has 0 saturated carbocycles. The molecule has 0 saturated heterocycles. The first-order valence-electron chi connectivity index (χ1n) is 5.32. The van der Waals surface area contributed by atoms with Gasteiger partial charge in [-0.05, 0) is 12.5 Å². The molecule has 0 radical (unpaired) electrons. The Hall–Kier alpha value is -1.16. The first-order chi connectivity index (χ1) is 7.72. The van der Waals surface area contributed by atoms with Gasteiger partial charge in [-0.1, -0.05) is 29.8 Å². The molecule has 0 bridgehead atoms. The number of thioether (sulfide) groups is 1. The van der Waals surface area contributed by atoms with E-state index < -0.39 is 0 Å². The standard InChI is InChI=1S/C12H19N3S/c1-10-3-5-11(6-4-10)9-16-8-7-15-12(13)14-2/h3-6H,7-9H2,1-2H3,(H3,13,14,15). The number of nitrogens with two attached hydrogens (primary N) is 1. The van der Waals surface area contributed by atoms with Crippen LogP contribution in [0.15, 0.2) is 29.3 Å². The lowest BCUT2D eigenvalue weighted by Gasteiger charge is -2.05. The van der Waals surface area contributed by atoms with Crippen molar-refractivity contribution >= 4 is 17.7 Å². The number of hydrogen-bond acceptors (Lipinski definition) is 2. The average Bonchev–Trinajstić information content (AvgIpc) is 2.31. The molecule has 0 aromatic heterocycles. The van der Waals surface area contributed by atoms with E-state index in [2.05, 4.69) is 41.5 Å². The number of hydrogen-bond donors (Lipinski definition) is 2. The van der Waals surface area contributed by atoms with E-state index in [1.54, 1.807) is 7.05 Å². The average molecular weight is 237 g/mol. The minimum absolute atomic E-state index is 0.510. The number of aliphatic imine (C=N–C) groups is 1. The Labute approximate surface area is 102 Å². The van der Waals surface area contributed by atoms with Gasteiger partial charge in [0.2, 0.25) is 0 Å². The highest BCUT2D eigenvalue weighted by Gasteiger charge is 1.94. The van der Waals surface area contributed by atoms with E-state index in [0.717, 1.165) is 18.1 Å². The molecule has 3 nitrogen and oxygen atoms in total. The molecule has 0 unspecified atom stereocenters. The Kier molecular flexibility index (Phi) is 5.78. The van der Waals surface area contributed by atoms with E-state index in [0.29, 0.717) is 5.96 Å². The van der Waals surface area contributed by atoms with Gasteiger partial charge >= 0.3 is 0 Å². The van der Waals surface area contributed by atoms with Crippen molar-refractivity contribution in [2.45, 2.75) is 12.7 Å². The zero-order chi connectivity index (χ0) is 11.8. The van der Waals surface area contributed by atoms with Gasteiger partial charge in [-0.25, -0.2) is 0 Å². The number of rotatable bonds is 5. The van der Waals surface area contributed by atoms with Crippen molar-refractivity contribution < 1.29 is 0 Å². The molecule has 0 heterocycles. The van der Waals surface area contributed by atoms with Crippen LogP contribution in [-0.2, 0) is 5.75 Å². The molecule has 0 spiro atoms. The Balaban J connectivity index is 2.14. The summed E-state index contributed by atoms with van der Waals surface area (Å²) in [5, 5.41) is 3.03. The van der Waals surface area contributed by atoms with Gasteiger partial charge in [-0.15, -0.1) is 0 Å². The van der Waals surface area contributed by atoms with Crippen molar-refractivity contribution in [3.8, 4) is 0 Å². The third kappa shape index (κ3) is 5.07. The summed E-state index contributed by atoms with van der Waals surface area (Å²) in [6.45, 7) is 2.97. The highest BCUT2D eigenvalue weighted by molar-refractivity contribution is 7.98. The highest BCUT2D eigenvalue weighted by Crippen LogP contribution is 2.12. The molecule has 0 aliphatic heterocycles. The fourth-order valence-electron chi connectivity index (χ4n) is 1.20. The lowest BCUT2D eigenvalue weighted by atomic mass is 10.2. The van der Waals surface area contributed by atoms with Crippen LogP contribution in [0, 0.1) is 6.92 Å². The molecule has 88 valence electrons. The number of guanidine groups is 1. The van der Waals surface area contributed by atoms with E-state index in [1.807, 2.05) is 11.8 Å². The normalized spacial score (nSPS) is 11.5. The van der Waals surface area contributed by atoms with Crippen LogP contribution in [0.25, 0.3) is 0 Å². The Morgan fingerprint density at radius 3 is 2.69 bits per heavy atom. The SMILES string of the molecule is CN=C(N)NCCSCc1ccc(C)cc1. The molecule has 0 aliphatic carbocycles. The molecule has 1 aromatic rings. The predicted octanol–water partition coefficient (Wildman–Crippen LogP) is 1.76. The second-order valence-electron chi connectivity index (χ2n) is 3.57. The molecule has 0 fully saturated rings. The molecule has 3 N–H and O–H groups in total. The molecule has 0 aliphatic rings. The molecule has 0 amide bonds.